The van der Waals surface area contributed by atoms with E-state index in [1.165, 1.54) is 30.6 Å². The van der Waals surface area contributed by atoms with Gasteiger partial charge < -0.3 is 10.4 Å². The fraction of sp³-hybridized carbons (Fsp3) is 0.500. The minimum atomic E-state index is -0.857. The smallest absolute Gasteiger partial charge is 0.335 e. The number of carboxylic acid groups (broad SMARTS) is 1. The summed E-state index contributed by atoms with van der Waals surface area (Å²) in [4.78, 5) is 12.2. The highest BCUT2D eigenvalue weighted by Gasteiger charge is 2.35. The average Bonchev–Trinajstić information content (AvgIpc) is 2.75. The molecule has 0 radical (unpaired) electrons. The summed E-state index contributed by atoms with van der Waals surface area (Å²) in [5.41, 5.74) is 1.78. The predicted octanol–water partition coefficient (Wildman–Crippen LogP) is 3.46. The lowest BCUT2D eigenvalue weighted by atomic mass is 9.88. The molecular formula is C14H17NO2S. The van der Waals surface area contributed by atoms with E-state index in [4.69, 9.17) is 5.11 Å². The molecule has 1 spiro atoms. The highest BCUT2D eigenvalue weighted by atomic mass is 32.2. The number of benzene rings is 1. The highest BCUT2D eigenvalue weighted by Crippen LogP contribution is 2.46. The van der Waals surface area contributed by atoms with Gasteiger partial charge in [0.25, 0.3) is 0 Å². The van der Waals surface area contributed by atoms with Crippen LogP contribution in [0.25, 0.3) is 0 Å². The molecule has 0 aromatic heterocycles. The van der Waals surface area contributed by atoms with Crippen LogP contribution in [0.4, 0.5) is 5.69 Å². The van der Waals surface area contributed by atoms with Gasteiger partial charge in [0, 0.05) is 22.9 Å². The van der Waals surface area contributed by atoms with Crippen molar-refractivity contribution >= 4 is 23.4 Å². The van der Waals surface area contributed by atoms with Gasteiger partial charge in [0.2, 0.25) is 0 Å². The van der Waals surface area contributed by atoms with Gasteiger partial charge in [-0.2, -0.15) is 0 Å². The second-order valence-corrected chi connectivity index (χ2v) is 6.38. The number of hydrogen-bond acceptors (Lipinski definition) is 3. The minimum absolute atomic E-state index is 0.365. The summed E-state index contributed by atoms with van der Waals surface area (Å²) in [5, 5.41) is 12.5. The molecule has 3 rings (SSSR count). The number of rotatable bonds is 1. The first kappa shape index (κ1) is 11.9. The Morgan fingerprint density at radius 3 is 2.83 bits per heavy atom. The van der Waals surface area contributed by atoms with E-state index < -0.39 is 5.97 Å². The number of fused-ring (bicyclic) bond motifs is 1. The van der Waals surface area contributed by atoms with E-state index in [9.17, 15) is 4.79 Å². The summed E-state index contributed by atoms with van der Waals surface area (Å²) < 4.78 is 0. The normalized spacial score (nSPS) is 21.1. The van der Waals surface area contributed by atoms with Gasteiger partial charge in [0.15, 0.2) is 0 Å². The topological polar surface area (TPSA) is 49.3 Å². The van der Waals surface area contributed by atoms with E-state index in [1.54, 1.807) is 12.1 Å². The highest BCUT2D eigenvalue weighted by molar-refractivity contribution is 7.99. The maximum absolute atomic E-state index is 11.0. The lowest BCUT2D eigenvalue weighted by Gasteiger charge is -2.26. The van der Waals surface area contributed by atoms with Crippen LogP contribution in [0.15, 0.2) is 23.1 Å². The van der Waals surface area contributed by atoms with Crippen molar-refractivity contribution in [1.29, 1.82) is 0 Å². The third-order valence-corrected chi connectivity index (χ3v) is 5.50. The molecule has 2 N–H and O–H groups in total. The van der Waals surface area contributed by atoms with Crippen LogP contribution >= 0.6 is 11.8 Å². The Morgan fingerprint density at radius 1 is 1.33 bits per heavy atom. The molecule has 1 aliphatic heterocycles. The van der Waals surface area contributed by atoms with Crippen LogP contribution in [0.5, 0.6) is 0 Å². The van der Waals surface area contributed by atoms with Gasteiger partial charge in [-0.05, 0) is 36.5 Å². The summed E-state index contributed by atoms with van der Waals surface area (Å²) in [6.45, 7) is 0.982. The summed E-state index contributed by atoms with van der Waals surface area (Å²) >= 11 is 1.87. The zero-order valence-electron chi connectivity index (χ0n) is 10.2. The SMILES string of the molecule is O=C(O)c1ccc2c(c1)NCC1(CCCC1)CS2. The first-order chi connectivity index (χ1) is 8.69. The van der Waals surface area contributed by atoms with E-state index >= 15 is 0 Å². The summed E-state index contributed by atoms with van der Waals surface area (Å²) in [7, 11) is 0. The number of anilines is 1. The fourth-order valence-electron chi connectivity index (χ4n) is 2.94. The van der Waals surface area contributed by atoms with Crippen molar-refractivity contribution < 1.29 is 9.90 Å². The van der Waals surface area contributed by atoms with Gasteiger partial charge >= 0.3 is 5.97 Å². The average molecular weight is 263 g/mol. The number of aromatic carboxylic acids is 1. The molecule has 1 saturated carbocycles. The molecule has 1 heterocycles. The lowest BCUT2D eigenvalue weighted by molar-refractivity contribution is 0.0697. The monoisotopic (exact) mass is 263 g/mol. The van der Waals surface area contributed by atoms with Crippen LogP contribution in [0.3, 0.4) is 0 Å². The number of nitrogens with one attached hydrogen (secondary N) is 1. The van der Waals surface area contributed by atoms with E-state index in [2.05, 4.69) is 5.32 Å². The number of carbonyl (C=O) groups is 1. The second-order valence-electron chi connectivity index (χ2n) is 5.37. The molecule has 1 fully saturated rings. The Bertz CT molecular complexity index is 481. The maximum atomic E-state index is 11.0. The predicted molar refractivity (Wildman–Crippen MR) is 73.5 cm³/mol. The third-order valence-electron chi connectivity index (χ3n) is 4.08. The first-order valence-corrected chi connectivity index (χ1v) is 7.41. The molecule has 1 aromatic rings. The van der Waals surface area contributed by atoms with Crippen LogP contribution in [0.2, 0.25) is 0 Å². The van der Waals surface area contributed by atoms with E-state index in [0.717, 1.165) is 18.0 Å². The van der Waals surface area contributed by atoms with Crippen LogP contribution in [-0.2, 0) is 0 Å². The van der Waals surface area contributed by atoms with Crippen LogP contribution in [0.1, 0.15) is 36.0 Å². The van der Waals surface area contributed by atoms with E-state index in [1.807, 2.05) is 17.8 Å². The zero-order valence-corrected chi connectivity index (χ0v) is 11.1. The molecule has 0 bridgehead atoms. The third kappa shape index (κ3) is 2.09. The Balaban J connectivity index is 1.87. The molecule has 3 nitrogen and oxygen atoms in total. The van der Waals surface area contributed by atoms with Crippen molar-refractivity contribution in [3.05, 3.63) is 23.8 Å². The molecule has 0 atom stereocenters. The lowest BCUT2D eigenvalue weighted by Crippen LogP contribution is -2.27. The molecule has 0 amide bonds. The van der Waals surface area contributed by atoms with Gasteiger partial charge in [-0.15, -0.1) is 11.8 Å². The van der Waals surface area contributed by atoms with Crippen molar-refractivity contribution in [3.8, 4) is 0 Å². The van der Waals surface area contributed by atoms with Crippen LogP contribution in [-0.4, -0.2) is 23.4 Å². The first-order valence-electron chi connectivity index (χ1n) is 6.43. The number of thioether (sulfide) groups is 1. The summed E-state index contributed by atoms with van der Waals surface area (Å²) in [6, 6.07) is 5.39. The molecule has 96 valence electrons. The van der Waals surface area contributed by atoms with Crippen LogP contribution in [0, 0.1) is 5.41 Å². The quantitative estimate of drug-likeness (QED) is 0.814. The Labute approximate surface area is 111 Å². The van der Waals surface area contributed by atoms with Gasteiger partial charge in [-0.25, -0.2) is 4.79 Å². The maximum Gasteiger partial charge on any atom is 0.335 e. The van der Waals surface area contributed by atoms with Crippen molar-refractivity contribution in [3.63, 3.8) is 0 Å². The standard InChI is InChI=1S/C14H17NO2S/c16-13(17)10-3-4-12-11(7-10)15-8-14(9-18-12)5-1-2-6-14/h3-4,7,15H,1-2,5-6,8-9H2,(H,16,17). The van der Waals surface area contributed by atoms with Gasteiger partial charge in [0.05, 0.1) is 5.56 Å². The minimum Gasteiger partial charge on any atom is -0.478 e. The Morgan fingerprint density at radius 2 is 2.11 bits per heavy atom. The fourth-order valence-corrected chi connectivity index (χ4v) is 4.24. The van der Waals surface area contributed by atoms with Gasteiger partial charge in [-0.3, -0.25) is 0 Å². The van der Waals surface area contributed by atoms with Crippen molar-refractivity contribution in [2.24, 2.45) is 5.41 Å². The molecular weight excluding hydrogens is 246 g/mol. The van der Waals surface area contributed by atoms with Crippen molar-refractivity contribution in [2.75, 3.05) is 17.6 Å². The van der Waals surface area contributed by atoms with Gasteiger partial charge in [-0.1, -0.05) is 12.8 Å². The molecule has 2 aliphatic rings. The molecule has 18 heavy (non-hydrogen) atoms. The van der Waals surface area contributed by atoms with Crippen LogP contribution < -0.4 is 5.32 Å². The summed E-state index contributed by atoms with van der Waals surface area (Å²) in [6.07, 6.45) is 5.26. The molecule has 0 unspecified atom stereocenters. The molecule has 1 aliphatic carbocycles. The summed E-state index contributed by atoms with van der Waals surface area (Å²) in [5.74, 6) is 0.295. The van der Waals surface area contributed by atoms with E-state index in [-0.39, 0.29) is 0 Å². The van der Waals surface area contributed by atoms with E-state index in [0.29, 0.717) is 11.0 Å². The van der Waals surface area contributed by atoms with Crippen molar-refractivity contribution in [2.45, 2.75) is 30.6 Å². The second kappa shape index (κ2) is 4.50. The molecule has 0 saturated heterocycles. The number of hydrogen-bond donors (Lipinski definition) is 2. The van der Waals surface area contributed by atoms with Gasteiger partial charge in [0.1, 0.15) is 0 Å². The largest absolute Gasteiger partial charge is 0.478 e. The Kier molecular flexibility index (Phi) is 2.98. The zero-order chi connectivity index (χ0) is 12.6. The molecule has 4 heteroatoms. The Hall–Kier alpha value is -1.16. The number of carboxylic acids is 1. The molecule has 1 aromatic carbocycles. The van der Waals surface area contributed by atoms with Crippen molar-refractivity contribution in [1.82, 2.24) is 0 Å².